The third-order valence-corrected chi connectivity index (χ3v) is 4.16. The number of piperazine rings is 1. The fourth-order valence-electron chi connectivity index (χ4n) is 2.67. The molecule has 0 aromatic carbocycles. The van der Waals surface area contributed by atoms with Crippen molar-refractivity contribution in [1.29, 1.82) is 0 Å². The largest absolute Gasteiger partial charge is 0.491 e. The van der Waals surface area contributed by atoms with Crippen LogP contribution in [0.5, 0.6) is 5.75 Å². The van der Waals surface area contributed by atoms with Gasteiger partial charge in [-0.25, -0.2) is 14.6 Å². The van der Waals surface area contributed by atoms with E-state index in [9.17, 15) is 9.59 Å². The molecule has 0 aliphatic carbocycles. The molecule has 0 atom stereocenters. The van der Waals surface area contributed by atoms with Crippen molar-refractivity contribution in [2.75, 3.05) is 45.9 Å². The average molecular weight is 377 g/mol. The van der Waals surface area contributed by atoms with E-state index in [-0.39, 0.29) is 11.9 Å². The molecule has 1 amide bonds. The highest BCUT2D eigenvalue weighted by Gasteiger charge is 2.21. The van der Waals surface area contributed by atoms with Crippen molar-refractivity contribution < 1.29 is 18.8 Å². The molecule has 27 heavy (non-hydrogen) atoms. The zero-order valence-electron chi connectivity index (χ0n) is 15.2. The van der Waals surface area contributed by atoms with Crippen LogP contribution in [0.4, 0.5) is 4.79 Å². The molecule has 0 bridgehead atoms. The molecule has 0 spiro atoms. The Kier molecular flexibility index (Phi) is 6.42. The minimum Gasteiger partial charge on any atom is -0.491 e. The highest BCUT2D eigenvalue weighted by molar-refractivity contribution is 5.67. The number of nitrogens with zero attached hydrogens (tertiary/aromatic N) is 4. The topological polar surface area (TPSA) is 114 Å². The Balaban J connectivity index is 1.38. The maximum Gasteiger partial charge on any atom is 0.439 e. The van der Waals surface area contributed by atoms with E-state index >= 15 is 0 Å². The van der Waals surface area contributed by atoms with E-state index in [0.717, 1.165) is 26.1 Å². The number of carbonyl (C=O) groups is 1. The second-order valence-corrected chi connectivity index (χ2v) is 6.11. The molecule has 10 nitrogen and oxygen atoms in total. The van der Waals surface area contributed by atoms with Crippen molar-refractivity contribution in [3.63, 3.8) is 0 Å². The summed E-state index contributed by atoms with van der Waals surface area (Å²) < 4.78 is 15.3. The Hall–Kier alpha value is -2.88. The van der Waals surface area contributed by atoms with Crippen LogP contribution in [0.25, 0.3) is 11.5 Å². The fraction of sp³-hybridized carbons (Fsp3) is 0.529. The molecule has 2 aromatic rings. The van der Waals surface area contributed by atoms with Crippen LogP contribution < -0.4 is 10.5 Å². The number of aromatic nitrogens is 3. The van der Waals surface area contributed by atoms with Crippen LogP contribution in [0.1, 0.15) is 13.3 Å². The summed E-state index contributed by atoms with van der Waals surface area (Å²) in [5.74, 6) is 0.291. The summed E-state index contributed by atoms with van der Waals surface area (Å²) in [6.07, 6.45) is 2.17. The van der Waals surface area contributed by atoms with Crippen LogP contribution in [0.3, 0.4) is 0 Å². The first-order valence-electron chi connectivity index (χ1n) is 8.95. The lowest BCUT2D eigenvalue weighted by Crippen LogP contribution is -2.49. The van der Waals surface area contributed by atoms with E-state index in [0.29, 0.717) is 37.7 Å². The predicted octanol–water partition coefficient (Wildman–Crippen LogP) is 0.968. The Bertz CT molecular complexity index is 780. The van der Waals surface area contributed by atoms with Crippen molar-refractivity contribution in [2.45, 2.75) is 13.3 Å². The van der Waals surface area contributed by atoms with Crippen molar-refractivity contribution in [3.05, 3.63) is 28.9 Å². The van der Waals surface area contributed by atoms with Crippen LogP contribution >= 0.6 is 0 Å². The second kappa shape index (κ2) is 9.17. The van der Waals surface area contributed by atoms with E-state index in [4.69, 9.17) is 9.47 Å². The van der Waals surface area contributed by atoms with E-state index < -0.39 is 5.76 Å². The quantitative estimate of drug-likeness (QED) is 0.759. The number of ether oxygens (including phenoxy) is 2. The molecular formula is C17H23N5O5. The summed E-state index contributed by atoms with van der Waals surface area (Å²) in [6, 6.07) is 3.46. The fourth-order valence-corrected chi connectivity index (χ4v) is 2.67. The first-order chi connectivity index (χ1) is 13.2. The molecule has 1 aliphatic rings. The van der Waals surface area contributed by atoms with E-state index in [1.54, 1.807) is 23.2 Å². The van der Waals surface area contributed by atoms with E-state index in [1.807, 2.05) is 6.92 Å². The maximum absolute atomic E-state index is 11.8. The summed E-state index contributed by atoms with van der Waals surface area (Å²) in [7, 11) is 0. The van der Waals surface area contributed by atoms with Crippen LogP contribution in [0, 0.1) is 0 Å². The molecule has 10 heteroatoms. The van der Waals surface area contributed by atoms with Gasteiger partial charge in [0.25, 0.3) is 0 Å². The number of aromatic amines is 1. The van der Waals surface area contributed by atoms with Gasteiger partial charge in [-0.05, 0) is 18.6 Å². The maximum atomic E-state index is 11.8. The van der Waals surface area contributed by atoms with Crippen molar-refractivity contribution >= 4 is 6.09 Å². The first kappa shape index (κ1) is 18.9. The Labute approximate surface area is 156 Å². The number of amides is 1. The molecular weight excluding hydrogens is 354 g/mol. The summed E-state index contributed by atoms with van der Waals surface area (Å²) in [4.78, 5) is 33.4. The minimum absolute atomic E-state index is 0.229. The minimum atomic E-state index is -0.620. The lowest BCUT2D eigenvalue weighted by Gasteiger charge is -2.33. The lowest BCUT2D eigenvalue weighted by molar-refractivity contribution is 0.0727. The third-order valence-electron chi connectivity index (χ3n) is 4.16. The first-order valence-corrected chi connectivity index (χ1v) is 8.95. The van der Waals surface area contributed by atoms with Gasteiger partial charge in [0.2, 0.25) is 5.82 Å². The number of hydrogen-bond acceptors (Lipinski definition) is 8. The Morgan fingerprint density at radius 2 is 2.07 bits per heavy atom. The van der Waals surface area contributed by atoms with Crippen LogP contribution in [0.2, 0.25) is 0 Å². The summed E-state index contributed by atoms with van der Waals surface area (Å²) >= 11 is 0. The molecule has 2 aromatic heterocycles. The van der Waals surface area contributed by atoms with Crippen molar-refractivity contribution in [1.82, 2.24) is 24.9 Å². The monoisotopic (exact) mass is 377 g/mol. The summed E-state index contributed by atoms with van der Waals surface area (Å²) in [6.45, 7) is 6.63. The Morgan fingerprint density at radius 1 is 1.26 bits per heavy atom. The van der Waals surface area contributed by atoms with Gasteiger partial charge in [0.1, 0.15) is 18.1 Å². The molecule has 0 radical (unpaired) electrons. The highest BCUT2D eigenvalue weighted by Crippen LogP contribution is 2.15. The van der Waals surface area contributed by atoms with Gasteiger partial charge in [-0.2, -0.15) is 0 Å². The van der Waals surface area contributed by atoms with E-state index in [1.165, 1.54) is 0 Å². The molecule has 3 rings (SSSR count). The molecule has 0 unspecified atom stereocenters. The number of pyridine rings is 1. The van der Waals surface area contributed by atoms with Gasteiger partial charge in [0.15, 0.2) is 0 Å². The predicted molar refractivity (Wildman–Crippen MR) is 95.5 cm³/mol. The van der Waals surface area contributed by atoms with E-state index in [2.05, 4.69) is 24.5 Å². The molecule has 1 fully saturated rings. The zero-order valence-corrected chi connectivity index (χ0v) is 15.2. The number of rotatable bonds is 7. The summed E-state index contributed by atoms with van der Waals surface area (Å²) in [5, 5.41) is 3.58. The molecule has 1 saturated heterocycles. The molecule has 146 valence electrons. The second-order valence-electron chi connectivity index (χ2n) is 6.11. The Morgan fingerprint density at radius 3 is 2.70 bits per heavy atom. The van der Waals surface area contributed by atoms with Crippen LogP contribution in [-0.2, 0) is 4.74 Å². The zero-order chi connectivity index (χ0) is 19.1. The van der Waals surface area contributed by atoms with Crippen LogP contribution in [0.15, 0.2) is 27.6 Å². The third kappa shape index (κ3) is 5.30. The standard InChI is InChI=1S/C17H23N5O5/c1-2-10-26-17(24)22-7-5-21(6-8-22)9-11-25-13-3-4-14(18-12-13)15-19-16(23)27-20-15/h3-4,12H,2,5-11H2,1H3,(H,19,20,23). The lowest BCUT2D eigenvalue weighted by atomic mass is 10.3. The van der Waals surface area contributed by atoms with Crippen molar-refractivity contribution in [3.8, 4) is 17.3 Å². The van der Waals surface area contributed by atoms with Gasteiger partial charge in [-0.1, -0.05) is 12.1 Å². The van der Waals surface area contributed by atoms with Gasteiger partial charge < -0.3 is 14.4 Å². The number of carbonyl (C=O) groups excluding carboxylic acids is 1. The highest BCUT2D eigenvalue weighted by atomic mass is 16.6. The molecule has 1 N–H and O–H groups in total. The SMILES string of the molecule is CCCOC(=O)N1CCN(CCOc2ccc(-c3noc(=O)[nH]3)nc2)CC1. The van der Waals surface area contributed by atoms with Crippen LogP contribution in [-0.4, -0.2) is 77.0 Å². The van der Waals surface area contributed by atoms with Gasteiger partial charge in [-0.15, -0.1) is 0 Å². The smallest absolute Gasteiger partial charge is 0.439 e. The van der Waals surface area contributed by atoms with Gasteiger partial charge in [0.05, 0.1) is 12.8 Å². The normalized spacial score (nSPS) is 14.9. The number of hydrogen-bond donors (Lipinski definition) is 1. The van der Waals surface area contributed by atoms with Gasteiger partial charge >= 0.3 is 11.8 Å². The molecule has 1 aliphatic heterocycles. The molecule has 3 heterocycles. The van der Waals surface area contributed by atoms with Crippen molar-refractivity contribution in [2.24, 2.45) is 0 Å². The summed E-state index contributed by atoms with van der Waals surface area (Å²) in [5.41, 5.74) is 0.499. The van der Waals surface area contributed by atoms with Gasteiger partial charge in [0, 0.05) is 32.7 Å². The number of H-pyrrole nitrogens is 1. The van der Waals surface area contributed by atoms with Gasteiger partial charge in [-0.3, -0.25) is 14.4 Å². The number of nitrogens with one attached hydrogen (secondary N) is 1. The molecule has 0 saturated carbocycles. The average Bonchev–Trinajstić information content (AvgIpc) is 3.13.